The highest BCUT2D eigenvalue weighted by molar-refractivity contribution is 9.10. The molecule has 3 aliphatic rings. The van der Waals surface area contributed by atoms with Gasteiger partial charge in [-0.1, -0.05) is 28.1 Å². The van der Waals surface area contributed by atoms with Crippen molar-refractivity contribution in [2.24, 2.45) is 11.5 Å². The van der Waals surface area contributed by atoms with Gasteiger partial charge in [-0.25, -0.2) is 0 Å². The van der Waals surface area contributed by atoms with Gasteiger partial charge in [-0.05, 0) is 17.7 Å². The van der Waals surface area contributed by atoms with E-state index in [1.807, 2.05) is 24.3 Å². The Balaban J connectivity index is 1.58. The minimum Gasteiger partial charge on any atom is -0.394 e. The summed E-state index contributed by atoms with van der Waals surface area (Å²) < 4.78 is 29.6. The summed E-state index contributed by atoms with van der Waals surface area (Å²) in [7, 11) is 0. The molecule has 3 aliphatic heterocycles. The summed E-state index contributed by atoms with van der Waals surface area (Å²) in [4.78, 5) is 0. The van der Waals surface area contributed by atoms with Gasteiger partial charge in [0, 0.05) is 11.0 Å². The van der Waals surface area contributed by atoms with Crippen LogP contribution in [0, 0.1) is 0 Å². The van der Waals surface area contributed by atoms with Crippen LogP contribution >= 0.6 is 15.9 Å². The van der Waals surface area contributed by atoms with Crippen molar-refractivity contribution in [3.8, 4) is 0 Å². The van der Waals surface area contributed by atoms with Gasteiger partial charge in [-0.15, -0.1) is 0 Å². The molecule has 1 aromatic rings. The maximum absolute atomic E-state index is 11.6. The fraction of sp³-hybridized carbons (Fsp3) is 0.760. The largest absolute Gasteiger partial charge is 0.394 e. The topological polar surface area (TPSA) is 272 Å². The minimum absolute atomic E-state index is 0.192. The molecule has 0 aromatic heterocycles. The molecule has 2 unspecified atom stereocenters. The summed E-state index contributed by atoms with van der Waals surface area (Å²) in [6, 6.07) is 3.61. The average Bonchev–Trinajstić information content (AvgIpc) is 2.98. The predicted molar refractivity (Wildman–Crippen MR) is 144 cm³/mol. The third kappa shape index (κ3) is 7.30. The molecule has 42 heavy (non-hydrogen) atoms. The zero-order chi connectivity index (χ0) is 30.7. The van der Waals surface area contributed by atoms with E-state index in [1.54, 1.807) is 0 Å². The molecule has 13 N–H and O–H groups in total. The molecule has 0 amide bonds. The Morgan fingerprint density at radius 1 is 0.690 bits per heavy atom. The van der Waals surface area contributed by atoms with Crippen molar-refractivity contribution in [3.63, 3.8) is 0 Å². The van der Waals surface area contributed by atoms with Gasteiger partial charge in [0.05, 0.1) is 37.9 Å². The number of benzene rings is 1. The summed E-state index contributed by atoms with van der Waals surface area (Å²) in [5.74, 6) is 0. The highest BCUT2D eigenvalue weighted by Gasteiger charge is 2.53. The number of hydrogen-bond donors (Lipinski definition) is 11. The zero-order valence-electron chi connectivity index (χ0n) is 22.4. The van der Waals surface area contributed by atoms with Crippen LogP contribution in [0.5, 0.6) is 0 Å². The van der Waals surface area contributed by atoms with Crippen molar-refractivity contribution in [2.45, 2.75) is 98.5 Å². The molecule has 4 rings (SSSR count). The second kappa shape index (κ2) is 14.9. The van der Waals surface area contributed by atoms with Crippen LogP contribution in [-0.2, 0) is 30.2 Å². The van der Waals surface area contributed by atoms with Crippen LogP contribution in [0.4, 0.5) is 0 Å². The van der Waals surface area contributed by atoms with Crippen LogP contribution in [0.25, 0.3) is 0 Å². The lowest BCUT2D eigenvalue weighted by Gasteiger charge is -2.49. The Morgan fingerprint density at radius 3 is 1.86 bits per heavy atom. The third-order valence-corrected chi connectivity index (χ3v) is 8.27. The van der Waals surface area contributed by atoms with Crippen molar-refractivity contribution in [1.82, 2.24) is 5.32 Å². The lowest BCUT2D eigenvalue weighted by Crippen LogP contribution is -2.69. The first-order chi connectivity index (χ1) is 20.0. The molecule has 0 bridgehead atoms. The number of rotatable bonds is 10. The van der Waals surface area contributed by atoms with E-state index in [0.717, 1.165) is 10.0 Å². The van der Waals surface area contributed by atoms with Crippen LogP contribution in [0.2, 0.25) is 0 Å². The van der Waals surface area contributed by atoms with Crippen molar-refractivity contribution in [1.29, 1.82) is 0 Å². The minimum atomic E-state index is -1.57. The van der Waals surface area contributed by atoms with Gasteiger partial charge >= 0.3 is 0 Å². The second-order valence-electron chi connectivity index (χ2n) is 10.6. The lowest BCUT2D eigenvalue weighted by atomic mass is 9.94. The molecule has 16 nitrogen and oxygen atoms in total. The first-order valence-corrected chi connectivity index (χ1v) is 14.3. The molecular weight excluding hydrogens is 630 g/mol. The molecule has 3 saturated heterocycles. The van der Waals surface area contributed by atoms with Gasteiger partial charge in [0.15, 0.2) is 18.9 Å². The number of halogens is 1. The third-order valence-electron chi connectivity index (χ3n) is 7.74. The number of hydrogen-bond acceptors (Lipinski definition) is 16. The Morgan fingerprint density at radius 2 is 1.24 bits per heavy atom. The second-order valence-corrected chi connectivity index (χ2v) is 11.5. The molecule has 0 saturated carbocycles. The van der Waals surface area contributed by atoms with Gasteiger partial charge in [-0.3, -0.25) is 0 Å². The normalized spacial score (nSPS) is 44.7. The Hall–Kier alpha value is -0.940. The molecule has 3 fully saturated rings. The SMILES string of the molecule is N[C@H]1[C@H](OC2[C@@H](CO)O[C@@H](OC3[C@@H](CO)O[C@@H](O)[C@H](N)[C@H]3O)[C@H](NCc3ccc(Br)cc3)[C@H]2O)O[C@H](CO)[C@@H](O)[C@@H]1O. The quantitative estimate of drug-likeness (QED) is 0.111. The van der Waals surface area contributed by atoms with Gasteiger partial charge in [0.2, 0.25) is 0 Å². The van der Waals surface area contributed by atoms with Crippen LogP contribution in [0.3, 0.4) is 0 Å². The first-order valence-electron chi connectivity index (χ1n) is 13.5. The number of nitrogens with two attached hydrogens (primary N) is 2. The monoisotopic (exact) mass is 669 g/mol. The van der Waals surface area contributed by atoms with Gasteiger partial charge in [0.1, 0.15) is 54.9 Å². The molecule has 3 heterocycles. The molecule has 1 aromatic carbocycles. The molecule has 15 atom stereocenters. The van der Waals surface area contributed by atoms with Crippen molar-refractivity contribution in [2.75, 3.05) is 19.8 Å². The van der Waals surface area contributed by atoms with E-state index in [4.69, 9.17) is 35.2 Å². The van der Waals surface area contributed by atoms with Crippen LogP contribution in [0.15, 0.2) is 28.7 Å². The fourth-order valence-corrected chi connectivity index (χ4v) is 5.48. The lowest BCUT2D eigenvalue weighted by molar-refractivity contribution is -0.350. The maximum Gasteiger partial charge on any atom is 0.176 e. The summed E-state index contributed by atoms with van der Waals surface area (Å²) in [6.45, 7) is -1.80. The summed E-state index contributed by atoms with van der Waals surface area (Å²) in [5, 5.41) is 85.4. The van der Waals surface area contributed by atoms with E-state index in [9.17, 15) is 40.9 Å². The maximum atomic E-state index is 11.6. The summed E-state index contributed by atoms with van der Waals surface area (Å²) in [6.07, 6.45) is -16.7. The van der Waals surface area contributed by atoms with Crippen LogP contribution in [-0.4, -0.2) is 153 Å². The summed E-state index contributed by atoms with van der Waals surface area (Å²) in [5.41, 5.74) is 12.7. The Labute approximate surface area is 249 Å². The van der Waals surface area contributed by atoms with Gasteiger partial charge in [-0.2, -0.15) is 0 Å². The number of ether oxygens (including phenoxy) is 5. The van der Waals surface area contributed by atoms with E-state index in [2.05, 4.69) is 21.2 Å². The van der Waals surface area contributed by atoms with E-state index >= 15 is 0 Å². The van der Waals surface area contributed by atoms with E-state index in [1.165, 1.54) is 0 Å². The summed E-state index contributed by atoms with van der Waals surface area (Å²) >= 11 is 3.37. The number of aliphatic hydroxyl groups excluding tert-OH is 8. The van der Waals surface area contributed by atoms with E-state index in [-0.39, 0.29) is 6.54 Å². The molecule has 0 aliphatic carbocycles. The zero-order valence-corrected chi connectivity index (χ0v) is 24.0. The fourth-order valence-electron chi connectivity index (χ4n) is 5.21. The van der Waals surface area contributed by atoms with Crippen molar-refractivity contribution in [3.05, 3.63) is 34.3 Å². The van der Waals surface area contributed by atoms with Crippen LogP contribution in [0.1, 0.15) is 5.56 Å². The first kappa shape index (κ1) is 33.9. The number of nitrogens with one attached hydrogen (secondary N) is 1. The van der Waals surface area contributed by atoms with Gasteiger partial charge in [0.25, 0.3) is 0 Å². The van der Waals surface area contributed by atoms with Crippen molar-refractivity contribution < 1.29 is 64.5 Å². The molecule has 0 radical (unpaired) electrons. The van der Waals surface area contributed by atoms with Crippen LogP contribution < -0.4 is 16.8 Å². The molecular formula is C25H40BrN3O13. The molecule has 240 valence electrons. The smallest absolute Gasteiger partial charge is 0.176 e. The van der Waals surface area contributed by atoms with E-state index in [0.29, 0.717) is 0 Å². The predicted octanol–water partition coefficient (Wildman–Crippen LogP) is -5.08. The Kier molecular flexibility index (Phi) is 12.0. The highest BCUT2D eigenvalue weighted by Crippen LogP contribution is 2.32. The highest BCUT2D eigenvalue weighted by atomic mass is 79.9. The van der Waals surface area contributed by atoms with Gasteiger partial charge < -0.3 is 81.3 Å². The molecule has 17 heteroatoms. The van der Waals surface area contributed by atoms with E-state index < -0.39 is 112 Å². The number of aliphatic hydroxyl groups is 8. The average molecular weight is 671 g/mol. The van der Waals surface area contributed by atoms with Crippen molar-refractivity contribution >= 4 is 15.9 Å². The standard InChI is InChI=1S/C25H40BrN3O13/c26-10-3-1-9(2-4-10)5-29-16-20(36)22(41-24-15(28)18(34)17(33)11(6-30)39-24)13(8-32)40-25(16)42-21-12(7-31)38-23(37)14(27)19(21)35/h1-4,11-25,29-37H,5-8,27-28H2/t11-,12-,13-,14-,15-,16-,17-,18-,19-,20-,21?,22?,23-,24+,25+/m1/s1. The molecule has 0 spiro atoms. The Bertz CT molecular complexity index is 981.